The van der Waals surface area contributed by atoms with E-state index >= 15 is 0 Å². The molecule has 2 aliphatic heterocycles. The number of hydrogen-bond donors (Lipinski definition) is 1. The van der Waals surface area contributed by atoms with Crippen LogP contribution < -0.4 is 10.1 Å². The number of nitrogens with zero attached hydrogens (tertiary/aromatic N) is 1. The number of esters is 1. The second kappa shape index (κ2) is 4.34. The van der Waals surface area contributed by atoms with Gasteiger partial charge in [0.25, 0.3) is 0 Å². The van der Waals surface area contributed by atoms with Crippen LogP contribution in [-0.2, 0) is 4.74 Å². The highest BCUT2D eigenvalue weighted by Crippen LogP contribution is 2.43. The molecule has 2 bridgehead atoms. The number of carbonyl (C=O) groups is 1. The number of ether oxygens (including phenoxy) is 2. The molecule has 106 valence electrons. The van der Waals surface area contributed by atoms with Gasteiger partial charge in [-0.2, -0.15) is 0 Å². The van der Waals surface area contributed by atoms with Crippen LogP contribution in [-0.4, -0.2) is 35.9 Å². The van der Waals surface area contributed by atoms with E-state index in [-0.39, 0.29) is 12.0 Å². The van der Waals surface area contributed by atoms with Crippen molar-refractivity contribution in [3.8, 4) is 5.75 Å². The molecule has 2 aliphatic rings. The van der Waals surface area contributed by atoms with Crippen LogP contribution in [0.2, 0.25) is 0 Å². The molecule has 1 fully saturated rings. The van der Waals surface area contributed by atoms with E-state index in [1.165, 1.54) is 7.11 Å². The van der Waals surface area contributed by atoms with E-state index < -0.39 is 5.72 Å². The number of rotatable bonds is 1. The fourth-order valence-electron chi connectivity index (χ4n) is 2.72. The molecule has 0 amide bonds. The minimum atomic E-state index is -0.452. The van der Waals surface area contributed by atoms with Crippen LogP contribution in [0.5, 0.6) is 5.75 Å². The fourth-order valence-corrected chi connectivity index (χ4v) is 3.06. The van der Waals surface area contributed by atoms with E-state index in [1.807, 2.05) is 31.0 Å². The van der Waals surface area contributed by atoms with Crippen LogP contribution >= 0.6 is 12.2 Å². The first-order valence-corrected chi connectivity index (χ1v) is 6.81. The number of nitrogens with one attached hydrogen (secondary N) is 1. The summed E-state index contributed by atoms with van der Waals surface area (Å²) in [6.07, 6.45) is 0.765. The Hall–Kier alpha value is -1.82. The Morgan fingerprint density at radius 2 is 2.35 bits per heavy atom. The van der Waals surface area contributed by atoms with Crippen molar-refractivity contribution >= 4 is 23.3 Å². The van der Waals surface area contributed by atoms with Gasteiger partial charge in [0, 0.05) is 19.0 Å². The van der Waals surface area contributed by atoms with Crippen molar-refractivity contribution in [1.29, 1.82) is 0 Å². The Labute approximate surface area is 122 Å². The SMILES string of the molecule is COC(=O)c1ccc2c(c1)C1CC(C)(O2)N(C)C(=S)N1. The van der Waals surface area contributed by atoms with Crippen LogP contribution in [0.25, 0.3) is 0 Å². The summed E-state index contributed by atoms with van der Waals surface area (Å²) >= 11 is 5.33. The number of hydrogen-bond acceptors (Lipinski definition) is 4. The summed E-state index contributed by atoms with van der Waals surface area (Å²) in [6.45, 7) is 2.02. The van der Waals surface area contributed by atoms with E-state index in [2.05, 4.69) is 5.32 Å². The van der Waals surface area contributed by atoms with Gasteiger partial charge in [-0.3, -0.25) is 0 Å². The summed E-state index contributed by atoms with van der Waals surface area (Å²) in [7, 11) is 3.29. The molecule has 2 heterocycles. The molecule has 0 aliphatic carbocycles. The molecule has 3 rings (SSSR count). The molecular formula is C14H16N2O3S. The van der Waals surface area contributed by atoms with E-state index in [4.69, 9.17) is 21.7 Å². The van der Waals surface area contributed by atoms with Crippen LogP contribution in [0.1, 0.15) is 35.3 Å². The third-order valence-electron chi connectivity index (χ3n) is 4.03. The van der Waals surface area contributed by atoms with E-state index in [0.717, 1.165) is 17.7 Å². The van der Waals surface area contributed by atoms with Gasteiger partial charge in [0.15, 0.2) is 10.8 Å². The highest BCUT2D eigenvalue weighted by atomic mass is 32.1. The number of methoxy groups -OCH3 is 1. The maximum atomic E-state index is 11.6. The van der Waals surface area contributed by atoms with Crippen molar-refractivity contribution in [2.75, 3.05) is 14.2 Å². The molecule has 0 aromatic heterocycles. The quantitative estimate of drug-likeness (QED) is 0.629. The summed E-state index contributed by atoms with van der Waals surface area (Å²) in [5.74, 6) is 0.426. The lowest BCUT2D eigenvalue weighted by molar-refractivity contribution is -0.0562. The molecule has 6 heteroatoms. The average molecular weight is 292 g/mol. The highest BCUT2D eigenvalue weighted by Gasteiger charge is 2.46. The highest BCUT2D eigenvalue weighted by molar-refractivity contribution is 7.80. The van der Waals surface area contributed by atoms with Gasteiger partial charge in [-0.15, -0.1) is 0 Å². The summed E-state index contributed by atoms with van der Waals surface area (Å²) in [5, 5.41) is 3.94. The van der Waals surface area contributed by atoms with Gasteiger partial charge in [0.1, 0.15) is 5.75 Å². The Balaban J connectivity index is 2.05. The predicted molar refractivity (Wildman–Crippen MR) is 77.7 cm³/mol. The molecule has 20 heavy (non-hydrogen) atoms. The number of carbonyl (C=O) groups excluding carboxylic acids is 1. The first kappa shape index (κ1) is 13.2. The topological polar surface area (TPSA) is 50.8 Å². The molecule has 0 saturated carbocycles. The van der Waals surface area contributed by atoms with Crippen molar-refractivity contribution < 1.29 is 14.3 Å². The van der Waals surface area contributed by atoms with Crippen molar-refractivity contribution in [1.82, 2.24) is 10.2 Å². The van der Waals surface area contributed by atoms with Gasteiger partial charge in [0.2, 0.25) is 0 Å². The second-order valence-corrected chi connectivity index (χ2v) is 5.67. The van der Waals surface area contributed by atoms with Crippen LogP contribution in [0.4, 0.5) is 0 Å². The maximum absolute atomic E-state index is 11.6. The Kier molecular flexibility index (Phi) is 2.86. The monoisotopic (exact) mass is 292 g/mol. The number of benzene rings is 1. The summed E-state index contributed by atoms with van der Waals surface area (Å²) in [6, 6.07) is 5.40. The maximum Gasteiger partial charge on any atom is 0.337 e. The van der Waals surface area contributed by atoms with Gasteiger partial charge >= 0.3 is 5.97 Å². The standard InChI is InChI=1S/C14H16N2O3S/c1-14-7-10(15-13(20)16(14)2)9-6-8(12(17)18-3)4-5-11(9)19-14/h4-6,10H,7H2,1-3H3,(H,15,20). The molecule has 1 N–H and O–H groups in total. The van der Waals surface area contributed by atoms with Gasteiger partial charge < -0.3 is 19.7 Å². The lowest BCUT2D eigenvalue weighted by atomic mass is 9.90. The van der Waals surface area contributed by atoms with Crippen LogP contribution in [0, 0.1) is 0 Å². The zero-order valence-corrected chi connectivity index (χ0v) is 12.4. The zero-order valence-electron chi connectivity index (χ0n) is 11.6. The summed E-state index contributed by atoms with van der Waals surface area (Å²) in [5.41, 5.74) is 1.01. The molecular weight excluding hydrogens is 276 g/mol. The third kappa shape index (κ3) is 1.83. The van der Waals surface area contributed by atoms with E-state index in [0.29, 0.717) is 10.7 Å². The molecule has 1 aromatic carbocycles. The molecule has 0 spiro atoms. The van der Waals surface area contributed by atoms with Crippen LogP contribution in [0.3, 0.4) is 0 Å². The van der Waals surface area contributed by atoms with Gasteiger partial charge in [0.05, 0.1) is 18.7 Å². The largest absolute Gasteiger partial charge is 0.468 e. The van der Waals surface area contributed by atoms with Crippen molar-refractivity contribution in [2.45, 2.75) is 25.1 Å². The summed E-state index contributed by atoms with van der Waals surface area (Å²) < 4.78 is 10.8. The molecule has 0 radical (unpaired) electrons. The molecule has 1 aromatic rings. The number of thiocarbonyl (C=S) groups is 1. The van der Waals surface area contributed by atoms with Crippen molar-refractivity contribution in [3.63, 3.8) is 0 Å². The van der Waals surface area contributed by atoms with E-state index in [1.54, 1.807) is 6.07 Å². The predicted octanol–water partition coefficient (Wildman–Crippen LogP) is 1.83. The fraction of sp³-hybridized carbons (Fsp3) is 0.429. The average Bonchev–Trinajstić information content (AvgIpc) is 2.43. The normalized spacial score (nSPS) is 27.2. The Bertz CT molecular complexity index is 604. The van der Waals surface area contributed by atoms with Gasteiger partial charge in [-0.05, 0) is 37.3 Å². The Morgan fingerprint density at radius 3 is 3.05 bits per heavy atom. The van der Waals surface area contributed by atoms with Crippen molar-refractivity contribution in [2.24, 2.45) is 0 Å². The Morgan fingerprint density at radius 1 is 1.60 bits per heavy atom. The van der Waals surface area contributed by atoms with Gasteiger partial charge in [-0.25, -0.2) is 4.79 Å². The van der Waals surface area contributed by atoms with Gasteiger partial charge in [-0.1, -0.05) is 0 Å². The minimum Gasteiger partial charge on any atom is -0.468 e. The summed E-state index contributed by atoms with van der Waals surface area (Å²) in [4.78, 5) is 13.6. The lowest BCUT2D eigenvalue weighted by Crippen LogP contribution is -2.63. The van der Waals surface area contributed by atoms with Crippen molar-refractivity contribution in [3.05, 3.63) is 29.3 Å². The first-order chi connectivity index (χ1) is 9.44. The zero-order chi connectivity index (χ0) is 14.5. The number of fused-ring (bicyclic) bond motifs is 4. The molecule has 1 saturated heterocycles. The van der Waals surface area contributed by atoms with E-state index in [9.17, 15) is 4.79 Å². The first-order valence-electron chi connectivity index (χ1n) is 6.40. The molecule has 2 unspecified atom stereocenters. The van der Waals surface area contributed by atoms with Crippen LogP contribution in [0.15, 0.2) is 18.2 Å². The minimum absolute atomic E-state index is 0.0528. The second-order valence-electron chi connectivity index (χ2n) is 5.29. The smallest absolute Gasteiger partial charge is 0.337 e. The molecule has 5 nitrogen and oxygen atoms in total. The molecule has 2 atom stereocenters. The lowest BCUT2D eigenvalue weighted by Gasteiger charge is -2.50. The third-order valence-corrected chi connectivity index (χ3v) is 4.42.